The number of rotatable bonds is 5. The van der Waals surface area contributed by atoms with Crippen molar-refractivity contribution in [3.05, 3.63) is 76.4 Å². The lowest BCUT2D eigenvalue weighted by Crippen LogP contribution is -2.35. The maximum atomic E-state index is 3.26. The lowest BCUT2D eigenvalue weighted by Gasteiger charge is -2.30. The van der Waals surface area contributed by atoms with Gasteiger partial charge in [0.15, 0.2) is 0 Å². The van der Waals surface area contributed by atoms with Gasteiger partial charge in [0, 0.05) is 26.2 Å². The summed E-state index contributed by atoms with van der Waals surface area (Å²) in [6.45, 7) is 8.96. The molecular formula is C23H30N2. The van der Waals surface area contributed by atoms with E-state index in [1.807, 2.05) is 7.05 Å². The van der Waals surface area contributed by atoms with Gasteiger partial charge in [-0.2, -0.15) is 0 Å². The summed E-state index contributed by atoms with van der Waals surface area (Å²) in [5, 5.41) is 3.26. The van der Waals surface area contributed by atoms with Crippen LogP contribution in [0.5, 0.6) is 0 Å². The predicted molar refractivity (Wildman–Crippen MR) is 108 cm³/mol. The molecule has 0 bridgehead atoms. The van der Waals surface area contributed by atoms with Gasteiger partial charge in [-0.3, -0.25) is 0 Å². The third kappa shape index (κ3) is 4.39. The van der Waals surface area contributed by atoms with E-state index in [1.54, 1.807) is 5.57 Å². The van der Waals surface area contributed by atoms with Crippen molar-refractivity contribution in [2.24, 2.45) is 0 Å². The van der Waals surface area contributed by atoms with E-state index in [-0.39, 0.29) is 0 Å². The highest BCUT2D eigenvalue weighted by atomic mass is 15.1. The third-order valence-electron chi connectivity index (χ3n) is 5.21. The second kappa shape index (κ2) is 8.46. The highest BCUT2D eigenvalue weighted by Gasteiger charge is 2.19. The molecule has 0 saturated carbocycles. The smallest absolute Gasteiger partial charge is 0.0107 e. The van der Waals surface area contributed by atoms with Crippen LogP contribution in [0.4, 0.5) is 0 Å². The minimum Gasteiger partial charge on any atom is -0.318 e. The molecule has 132 valence electrons. The first-order chi connectivity index (χ1) is 12.2. The van der Waals surface area contributed by atoms with Crippen LogP contribution in [0.1, 0.15) is 35.1 Å². The van der Waals surface area contributed by atoms with Gasteiger partial charge in [-0.1, -0.05) is 59.7 Å². The molecule has 2 heteroatoms. The molecule has 0 spiro atoms. The maximum absolute atomic E-state index is 3.26. The fraction of sp³-hybridized carbons (Fsp3) is 0.391. The van der Waals surface area contributed by atoms with Crippen molar-refractivity contribution >= 4 is 5.57 Å². The molecule has 1 aliphatic rings. The van der Waals surface area contributed by atoms with E-state index in [0.717, 1.165) is 26.2 Å². The molecule has 2 nitrogen and oxygen atoms in total. The molecule has 2 aromatic rings. The average Bonchev–Trinajstić information content (AvgIpc) is 2.63. The zero-order valence-corrected chi connectivity index (χ0v) is 15.8. The second-order valence-corrected chi connectivity index (χ2v) is 7.11. The number of aryl methyl sites for hydroxylation is 2. The molecule has 1 heterocycles. The quantitative estimate of drug-likeness (QED) is 0.871. The van der Waals surface area contributed by atoms with Crippen molar-refractivity contribution in [2.75, 3.05) is 33.2 Å². The van der Waals surface area contributed by atoms with Gasteiger partial charge < -0.3 is 10.2 Å². The Morgan fingerprint density at radius 3 is 2.44 bits per heavy atom. The van der Waals surface area contributed by atoms with Gasteiger partial charge in [0.25, 0.3) is 0 Å². The van der Waals surface area contributed by atoms with Crippen LogP contribution < -0.4 is 5.32 Å². The number of piperidine rings is 1. The highest BCUT2D eigenvalue weighted by Crippen LogP contribution is 2.34. The molecule has 1 aliphatic heterocycles. The van der Waals surface area contributed by atoms with Crippen LogP contribution in [0.15, 0.2) is 54.1 Å². The monoisotopic (exact) mass is 334 g/mol. The molecule has 2 aromatic carbocycles. The topological polar surface area (TPSA) is 15.3 Å². The highest BCUT2D eigenvalue weighted by molar-refractivity contribution is 5.84. The molecule has 1 N–H and O–H groups in total. The van der Waals surface area contributed by atoms with Gasteiger partial charge in [-0.25, -0.2) is 0 Å². The molecule has 1 fully saturated rings. The Morgan fingerprint density at radius 1 is 1.00 bits per heavy atom. The minimum absolute atomic E-state index is 1.07. The molecule has 3 rings (SSSR count). The van der Waals surface area contributed by atoms with Crippen molar-refractivity contribution in [3.8, 4) is 0 Å². The number of hydrogen-bond donors (Lipinski definition) is 1. The first kappa shape index (κ1) is 17.9. The molecule has 0 radical (unpaired) electrons. The number of nitrogens with one attached hydrogen (secondary N) is 1. The van der Waals surface area contributed by atoms with E-state index in [0.29, 0.717) is 0 Å². The van der Waals surface area contributed by atoms with Crippen LogP contribution in [-0.4, -0.2) is 38.1 Å². The Bertz CT molecular complexity index is 735. The third-order valence-corrected chi connectivity index (χ3v) is 5.21. The van der Waals surface area contributed by atoms with E-state index in [2.05, 4.69) is 72.6 Å². The van der Waals surface area contributed by atoms with E-state index >= 15 is 0 Å². The van der Waals surface area contributed by atoms with Crippen LogP contribution >= 0.6 is 0 Å². The minimum atomic E-state index is 1.07. The average molecular weight is 335 g/mol. The molecule has 0 aromatic heterocycles. The molecule has 0 amide bonds. The first-order valence-corrected chi connectivity index (χ1v) is 9.41. The van der Waals surface area contributed by atoms with E-state index < -0.39 is 0 Å². The Hall–Kier alpha value is -1.90. The molecule has 0 unspecified atom stereocenters. The van der Waals surface area contributed by atoms with E-state index in [1.165, 1.54) is 40.7 Å². The summed E-state index contributed by atoms with van der Waals surface area (Å²) in [7, 11) is 2.03. The van der Waals surface area contributed by atoms with Crippen molar-refractivity contribution in [1.29, 1.82) is 0 Å². The van der Waals surface area contributed by atoms with Crippen LogP contribution in [0, 0.1) is 13.8 Å². The van der Waals surface area contributed by atoms with Gasteiger partial charge in [0.2, 0.25) is 0 Å². The number of nitrogens with zero attached hydrogens (tertiary/aromatic N) is 1. The zero-order valence-electron chi connectivity index (χ0n) is 15.8. The van der Waals surface area contributed by atoms with Crippen LogP contribution in [0.3, 0.4) is 0 Å². The summed E-state index contributed by atoms with van der Waals surface area (Å²) < 4.78 is 0. The molecule has 0 aliphatic carbocycles. The molecule has 1 saturated heterocycles. The van der Waals surface area contributed by atoms with Crippen molar-refractivity contribution in [3.63, 3.8) is 0 Å². The van der Waals surface area contributed by atoms with Gasteiger partial charge in [-0.15, -0.1) is 0 Å². The van der Waals surface area contributed by atoms with Gasteiger partial charge in [-0.05, 0) is 56.0 Å². The van der Waals surface area contributed by atoms with Crippen molar-refractivity contribution in [2.45, 2.75) is 26.7 Å². The zero-order chi connectivity index (χ0) is 17.6. The van der Waals surface area contributed by atoms with E-state index in [9.17, 15) is 0 Å². The second-order valence-electron chi connectivity index (χ2n) is 7.11. The fourth-order valence-electron chi connectivity index (χ4n) is 3.77. The lowest BCUT2D eigenvalue weighted by molar-refractivity contribution is 0.259. The Kier molecular flexibility index (Phi) is 6.06. The predicted octanol–water partition coefficient (Wildman–Crippen LogP) is 4.42. The van der Waals surface area contributed by atoms with Crippen LogP contribution in [0.25, 0.3) is 5.57 Å². The van der Waals surface area contributed by atoms with Gasteiger partial charge in [0.05, 0.1) is 0 Å². The number of likely N-dealkylation sites (tertiary alicyclic amines) is 1. The molecule has 0 atom stereocenters. The van der Waals surface area contributed by atoms with Crippen molar-refractivity contribution in [1.82, 2.24) is 10.2 Å². The number of hydrogen-bond acceptors (Lipinski definition) is 2. The summed E-state index contributed by atoms with van der Waals surface area (Å²) in [5.41, 5.74) is 8.54. The van der Waals surface area contributed by atoms with Crippen LogP contribution in [0.2, 0.25) is 0 Å². The largest absolute Gasteiger partial charge is 0.318 e. The molecule has 25 heavy (non-hydrogen) atoms. The summed E-state index contributed by atoms with van der Waals surface area (Å²) in [6.07, 6.45) is 2.34. The Labute approximate surface area is 152 Å². The van der Waals surface area contributed by atoms with Gasteiger partial charge in [0.1, 0.15) is 0 Å². The summed E-state index contributed by atoms with van der Waals surface area (Å²) in [4.78, 5) is 2.58. The van der Waals surface area contributed by atoms with Crippen LogP contribution in [-0.2, 0) is 0 Å². The lowest BCUT2D eigenvalue weighted by atomic mass is 9.86. The van der Waals surface area contributed by atoms with E-state index in [4.69, 9.17) is 0 Å². The summed E-state index contributed by atoms with van der Waals surface area (Å²) >= 11 is 0. The molecular weight excluding hydrogens is 304 g/mol. The van der Waals surface area contributed by atoms with Crippen molar-refractivity contribution < 1.29 is 0 Å². The number of benzene rings is 2. The fourth-order valence-corrected chi connectivity index (χ4v) is 3.77. The Morgan fingerprint density at radius 2 is 1.76 bits per heavy atom. The summed E-state index contributed by atoms with van der Waals surface area (Å²) in [6, 6.07) is 17.8. The normalized spacial score (nSPS) is 15.4. The van der Waals surface area contributed by atoms with Gasteiger partial charge >= 0.3 is 0 Å². The number of likely N-dealkylation sites (N-methyl/N-ethyl adjacent to an activating group) is 1. The SMILES string of the molecule is CNCCN1CCC(=C(c2cccc(C)c2)c2ccccc2C)CC1. The standard InChI is InChI=1S/C23H30N2/c1-18-7-6-9-21(17-18)23(22-10-5-4-8-19(22)2)20-11-14-25(15-12-20)16-13-24-3/h4-10,17,24H,11-16H2,1-3H3. The Balaban J connectivity index is 1.97. The summed E-state index contributed by atoms with van der Waals surface area (Å²) in [5.74, 6) is 0. The maximum Gasteiger partial charge on any atom is 0.0107 e. The first-order valence-electron chi connectivity index (χ1n) is 9.41.